The third kappa shape index (κ3) is 2.86. The fourth-order valence-corrected chi connectivity index (χ4v) is 1.83. The Balaban J connectivity index is 2.84. The van der Waals surface area contributed by atoms with Gasteiger partial charge in [0.1, 0.15) is 4.88 Å². The maximum absolute atomic E-state index is 11.2. The van der Waals surface area contributed by atoms with Crippen molar-refractivity contribution < 1.29 is 9.53 Å². The van der Waals surface area contributed by atoms with Crippen LogP contribution in [-0.4, -0.2) is 18.4 Å². The summed E-state index contributed by atoms with van der Waals surface area (Å²) in [6.07, 6.45) is 0.774. The first-order valence-electron chi connectivity index (χ1n) is 4.00. The van der Waals surface area contributed by atoms with Crippen molar-refractivity contribution in [1.29, 1.82) is 0 Å². The third-order valence-electron chi connectivity index (χ3n) is 1.48. The van der Waals surface area contributed by atoms with Gasteiger partial charge >= 0.3 is 5.97 Å². The van der Waals surface area contributed by atoms with E-state index in [2.05, 4.69) is 32.5 Å². The van der Waals surface area contributed by atoms with Gasteiger partial charge in [0, 0.05) is 17.3 Å². The van der Waals surface area contributed by atoms with Crippen LogP contribution in [0.25, 0.3) is 0 Å². The van der Waals surface area contributed by atoms with Crippen molar-refractivity contribution >= 4 is 33.2 Å². The van der Waals surface area contributed by atoms with E-state index in [4.69, 9.17) is 0 Å². The van der Waals surface area contributed by atoms with Gasteiger partial charge in [-0.3, -0.25) is 0 Å². The Morgan fingerprint density at radius 1 is 1.71 bits per heavy atom. The van der Waals surface area contributed by atoms with Crippen LogP contribution in [0.4, 0.5) is 0 Å². The molecule has 0 aliphatic heterocycles. The largest absolute Gasteiger partial charge is 0.465 e. The zero-order valence-corrected chi connectivity index (χ0v) is 10.1. The molecule has 0 atom stereocenters. The molecule has 0 spiro atoms. The molecule has 0 saturated carbocycles. The number of thiophene rings is 1. The van der Waals surface area contributed by atoms with E-state index in [0.717, 1.165) is 17.3 Å². The Morgan fingerprint density at radius 2 is 2.50 bits per heavy atom. The fourth-order valence-electron chi connectivity index (χ4n) is 0.863. The maximum atomic E-state index is 11.2. The topological polar surface area (TPSA) is 26.3 Å². The van der Waals surface area contributed by atoms with Crippen molar-refractivity contribution in [2.24, 2.45) is 0 Å². The lowest BCUT2D eigenvalue weighted by atomic mass is 10.2. The van der Waals surface area contributed by atoms with E-state index >= 15 is 0 Å². The normalized spacial score (nSPS) is 9.00. The number of rotatable bonds is 2. The highest BCUT2D eigenvalue weighted by atomic mass is 79.9. The monoisotopic (exact) mass is 272 g/mol. The number of esters is 1. The smallest absolute Gasteiger partial charge is 0.349 e. The Hall–Kier alpha value is -0.790. The number of hydrogen-bond donors (Lipinski definition) is 0. The fraction of sp³-hybridized carbons (Fsp3) is 0.300. The maximum Gasteiger partial charge on any atom is 0.349 e. The second-order valence-corrected chi connectivity index (χ2v) is 4.10. The average molecular weight is 273 g/mol. The zero-order valence-electron chi connectivity index (χ0n) is 7.67. The minimum Gasteiger partial charge on any atom is -0.465 e. The lowest BCUT2D eigenvalue weighted by Gasteiger charge is -1.94. The van der Waals surface area contributed by atoms with Crippen LogP contribution in [0.3, 0.4) is 0 Å². The van der Waals surface area contributed by atoms with Gasteiger partial charge in [-0.1, -0.05) is 27.8 Å². The standard InChI is InChI=1S/C10H9BrO2S/c1-13-10(12)9-8(5-7-14-9)4-2-3-6-11/h5,7H,3,6H2,1H3. The van der Waals surface area contributed by atoms with Gasteiger partial charge in [-0.05, 0) is 11.4 Å². The van der Waals surface area contributed by atoms with Crippen LogP contribution in [0.15, 0.2) is 11.4 Å². The van der Waals surface area contributed by atoms with Crippen LogP contribution in [0.5, 0.6) is 0 Å². The van der Waals surface area contributed by atoms with Crippen LogP contribution >= 0.6 is 27.3 Å². The number of hydrogen-bond acceptors (Lipinski definition) is 3. The Labute approximate surface area is 95.4 Å². The minimum absolute atomic E-state index is 0.317. The average Bonchev–Trinajstić information content (AvgIpc) is 2.65. The highest BCUT2D eigenvalue weighted by Crippen LogP contribution is 2.16. The van der Waals surface area contributed by atoms with Gasteiger partial charge in [0.2, 0.25) is 0 Å². The molecular formula is C10H9BrO2S. The number of alkyl halides is 1. The summed E-state index contributed by atoms with van der Waals surface area (Å²) in [5, 5.41) is 2.68. The van der Waals surface area contributed by atoms with Gasteiger partial charge in [0.25, 0.3) is 0 Å². The molecule has 2 nitrogen and oxygen atoms in total. The second kappa shape index (κ2) is 5.84. The lowest BCUT2D eigenvalue weighted by molar-refractivity contribution is 0.0606. The van der Waals surface area contributed by atoms with E-state index in [1.807, 2.05) is 11.4 Å². The summed E-state index contributed by atoms with van der Waals surface area (Å²) >= 11 is 4.63. The molecule has 0 aliphatic rings. The van der Waals surface area contributed by atoms with Crippen LogP contribution < -0.4 is 0 Å². The molecule has 0 unspecified atom stereocenters. The summed E-state index contributed by atoms with van der Waals surface area (Å²) < 4.78 is 4.64. The van der Waals surface area contributed by atoms with Crippen LogP contribution in [0, 0.1) is 11.8 Å². The molecule has 0 radical (unpaired) electrons. The molecule has 1 aromatic heterocycles. The van der Waals surface area contributed by atoms with E-state index in [9.17, 15) is 4.79 Å². The van der Waals surface area contributed by atoms with Crippen molar-refractivity contribution in [3.05, 3.63) is 21.9 Å². The van der Waals surface area contributed by atoms with Crippen molar-refractivity contribution in [1.82, 2.24) is 0 Å². The Bertz CT molecular complexity index is 373. The number of methoxy groups -OCH3 is 1. The molecule has 14 heavy (non-hydrogen) atoms. The van der Waals surface area contributed by atoms with E-state index < -0.39 is 0 Å². The number of ether oxygens (including phenoxy) is 1. The molecular weight excluding hydrogens is 264 g/mol. The highest BCUT2D eigenvalue weighted by molar-refractivity contribution is 9.09. The van der Waals surface area contributed by atoms with Gasteiger partial charge in [-0.2, -0.15) is 0 Å². The van der Waals surface area contributed by atoms with Crippen molar-refractivity contribution in [3.63, 3.8) is 0 Å². The molecule has 0 fully saturated rings. The molecule has 0 N–H and O–H groups in total. The minimum atomic E-state index is -0.317. The van der Waals surface area contributed by atoms with Gasteiger partial charge in [0.15, 0.2) is 0 Å². The van der Waals surface area contributed by atoms with E-state index in [1.165, 1.54) is 18.4 Å². The predicted octanol–water partition coefficient (Wildman–Crippen LogP) is 2.67. The number of carbonyl (C=O) groups excluding carboxylic acids is 1. The van der Waals surface area contributed by atoms with Crippen molar-refractivity contribution in [2.45, 2.75) is 6.42 Å². The molecule has 0 saturated heterocycles. The summed E-state index contributed by atoms with van der Waals surface area (Å²) in [5.41, 5.74) is 0.753. The first kappa shape index (κ1) is 11.3. The van der Waals surface area contributed by atoms with Gasteiger partial charge in [-0.15, -0.1) is 11.3 Å². The van der Waals surface area contributed by atoms with Gasteiger partial charge < -0.3 is 4.74 Å². The molecule has 0 amide bonds. The van der Waals surface area contributed by atoms with Crippen molar-refractivity contribution in [2.75, 3.05) is 12.4 Å². The van der Waals surface area contributed by atoms with Crippen LogP contribution in [0.2, 0.25) is 0 Å². The summed E-state index contributed by atoms with van der Waals surface area (Å²) in [5.74, 6) is 5.58. The summed E-state index contributed by atoms with van der Waals surface area (Å²) in [6.45, 7) is 0. The Morgan fingerprint density at radius 3 is 3.14 bits per heavy atom. The van der Waals surface area contributed by atoms with E-state index in [1.54, 1.807) is 0 Å². The summed E-state index contributed by atoms with van der Waals surface area (Å²) in [6, 6.07) is 1.83. The van der Waals surface area contributed by atoms with Gasteiger partial charge in [0.05, 0.1) is 7.11 Å². The molecule has 4 heteroatoms. The van der Waals surface area contributed by atoms with Crippen LogP contribution in [0.1, 0.15) is 21.7 Å². The predicted molar refractivity (Wildman–Crippen MR) is 60.9 cm³/mol. The molecule has 1 aromatic rings. The summed E-state index contributed by atoms with van der Waals surface area (Å²) in [7, 11) is 1.37. The van der Waals surface area contributed by atoms with Crippen LogP contribution in [-0.2, 0) is 4.74 Å². The quantitative estimate of drug-likeness (QED) is 0.470. The lowest BCUT2D eigenvalue weighted by Crippen LogP contribution is -1.99. The Kier molecular flexibility index (Phi) is 4.71. The van der Waals surface area contributed by atoms with E-state index in [-0.39, 0.29) is 5.97 Å². The van der Waals surface area contributed by atoms with E-state index in [0.29, 0.717) is 4.88 Å². The zero-order chi connectivity index (χ0) is 10.4. The number of halogens is 1. The van der Waals surface area contributed by atoms with Crippen molar-refractivity contribution in [3.8, 4) is 11.8 Å². The molecule has 0 aliphatic carbocycles. The molecule has 0 bridgehead atoms. The number of carbonyl (C=O) groups is 1. The second-order valence-electron chi connectivity index (χ2n) is 2.40. The summed E-state index contributed by atoms with van der Waals surface area (Å²) in [4.78, 5) is 11.8. The SMILES string of the molecule is COC(=O)c1sccc1C#CCCBr. The van der Waals surface area contributed by atoms with Gasteiger partial charge in [-0.25, -0.2) is 4.79 Å². The third-order valence-corrected chi connectivity index (χ3v) is 2.77. The first-order chi connectivity index (χ1) is 6.79. The molecule has 1 rings (SSSR count). The molecule has 0 aromatic carbocycles. The molecule has 1 heterocycles. The molecule has 74 valence electrons. The first-order valence-corrected chi connectivity index (χ1v) is 6.00. The highest BCUT2D eigenvalue weighted by Gasteiger charge is 2.11.